The Morgan fingerprint density at radius 3 is 2.45 bits per heavy atom. The maximum absolute atomic E-state index is 12.6. The predicted octanol–water partition coefficient (Wildman–Crippen LogP) is 0.446. The lowest BCUT2D eigenvalue weighted by Gasteiger charge is -2.32. The van der Waals surface area contributed by atoms with E-state index in [1.165, 1.54) is 0 Å². The van der Waals surface area contributed by atoms with Crippen LogP contribution in [0, 0.1) is 0 Å². The molecule has 0 bridgehead atoms. The summed E-state index contributed by atoms with van der Waals surface area (Å²) >= 11 is 3.40. The molecule has 1 heterocycles. The highest BCUT2D eigenvalue weighted by Gasteiger charge is 2.36. The van der Waals surface area contributed by atoms with E-state index in [1.807, 2.05) is 13.8 Å². The topological polar surface area (TPSA) is 84.2 Å². The smallest absolute Gasteiger partial charge is 0.167 e. The second-order valence-electron chi connectivity index (χ2n) is 5.82. The normalized spacial score (nSPS) is 33.4. The molecule has 0 aliphatic carbocycles. The van der Waals surface area contributed by atoms with Gasteiger partial charge in [-0.05, 0) is 20.9 Å². The Morgan fingerprint density at radius 1 is 1.32 bits per heavy atom. The van der Waals surface area contributed by atoms with Gasteiger partial charge in [-0.25, -0.2) is 0 Å². The fourth-order valence-corrected chi connectivity index (χ4v) is 4.18. The van der Waals surface area contributed by atoms with Gasteiger partial charge in [0, 0.05) is 23.0 Å². The van der Waals surface area contributed by atoms with Crippen molar-refractivity contribution in [2.75, 3.05) is 43.1 Å². The van der Waals surface area contributed by atoms with Crippen molar-refractivity contribution < 1.29 is 9.59 Å². The zero-order valence-electron chi connectivity index (χ0n) is 13.6. The van der Waals surface area contributed by atoms with Gasteiger partial charge in [0.1, 0.15) is 0 Å². The third-order valence-corrected chi connectivity index (χ3v) is 6.40. The average Bonchev–Trinajstić information content (AvgIpc) is 2.54. The standard InChI is InChI=1S/C15H27N3O2S2/c1-14(17-3)10-21-6-4-5-7-22-11-15(2,12(19)8-16)18-9-13(14)20/h4-5,17-18H,6-11,16H2,1-3H3/b5-4+/t14-,15-/m0/s1. The largest absolute Gasteiger partial charge is 0.324 e. The highest BCUT2D eigenvalue weighted by Crippen LogP contribution is 2.18. The van der Waals surface area contributed by atoms with E-state index in [9.17, 15) is 9.59 Å². The van der Waals surface area contributed by atoms with Crippen LogP contribution in [0.5, 0.6) is 0 Å². The van der Waals surface area contributed by atoms with Crippen LogP contribution in [0.1, 0.15) is 13.8 Å². The van der Waals surface area contributed by atoms with Crippen molar-refractivity contribution >= 4 is 35.1 Å². The lowest BCUT2D eigenvalue weighted by Crippen LogP contribution is -2.59. The van der Waals surface area contributed by atoms with Crippen LogP contribution in [0.15, 0.2) is 12.2 Å². The van der Waals surface area contributed by atoms with Crippen LogP contribution >= 0.6 is 23.5 Å². The first-order chi connectivity index (χ1) is 10.4. The van der Waals surface area contributed by atoms with Crippen LogP contribution in [-0.2, 0) is 9.59 Å². The SMILES string of the molecule is CN[C@@]1(C)CSC/C=C/CSC[C@@](C)(C(=O)CN)NCC1=O. The average molecular weight is 346 g/mol. The molecule has 5 nitrogen and oxygen atoms in total. The van der Waals surface area contributed by atoms with E-state index in [1.54, 1.807) is 30.6 Å². The Labute approximate surface area is 141 Å². The molecular formula is C15H27N3O2S2. The summed E-state index contributed by atoms with van der Waals surface area (Å²) in [6, 6.07) is 0. The number of thioether (sulfide) groups is 2. The second kappa shape index (κ2) is 9.08. The van der Waals surface area contributed by atoms with Gasteiger partial charge < -0.3 is 11.1 Å². The zero-order chi connectivity index (χ0) is 16.6. The Bertz CT molecular complexity index is 431. The van der Waals surface area contributed by atoms with Gasteiger partial charge >= 0.3 is 0 Å². The maximum atomic E-state index is 12.6. The van der Waals surface area contributed by atoms with Gasteiger partial charge in [0.25, 0.3) is 0 Å². The summed E-state index contributed by atoms with van der Waals surface area (Å²) < 4.78 is 0. The van der Waals surface area contributed by atoms with E-state index in [2.05, 4.69) is 22.8 Å². The minimum Gasteiger partial charge on any atom is -0.324 e. The molecule has 0 spiro atoms. The number of rotatable bonds is 3. The first-order valence-electron chi connectivity index (χ1n) is 7.39. The van der Waals surface area contributed by atoms with Crippen LogP contribution in [0.25, 0.3) is 0 Å². The second-order valence-corrected chi connectivity index (χ2v) is 7.88. The fourth-order valence-electron chi connectivity index (χ4n) is 2.02. The molecule has 7 heteroatoms. The van der Waals surface area contributed by atoms with Crippen LogP contribution in [0.2, 0.25) is 0 Å². The number of likely N-dealkylation sites (N-methyl/N-ethyl adjacent to an activating group) is 1. The van der Waals surface area contributed by atoms with Gasteiger partial charge in [-0.3, -0.25) is 14.9 Å². The summed E-state index contributed by atoms with van der Waals surface area (Å²) in [5.74, 6) is 3.04. The molecule has 0 aromatic heterocycles. The first-order valence-corrected chi connectivity index (χ1v) is 9.70. The third kappa shape index (κ3) is 5.38. The zero-order valence-corrected chi connectivity index (χ0v) is 15.2. The Morgan fingerprint density at radius 2 is 1.91 bits per heavy atom. The van der Waals surface area contributed by atoms with Gasteiger partial charge in [-0.2, -0.15) is 23.5 Å². The monoisotopic (exact) mass is 345 g/mol. The van der Waals surface area contributed by atoms with Gasteiger partial charge in [-0.1, -0.05) is 12.2 Å². The van der Waals surface area contributed by atoms with Crippen molar-refractivity contribution in [3.05, 3.63) is 12.2 Å². The molecule has 2 atom stereocenters. The minimum absolute atomic E-state index is 0.0206. The molecule has 1 rings (SSSR count). The molecule has 0 unspecified atom stereocenters. The molecule has 0 saturated heterocycles. The van der Waals surface area contributed by atoms with Gasteiger partial charge in [0.15, 0.2) is 11.6 Å². The van der Waals surface area contributed by atoms with Crippen LogP contribution in [0.3, 0.4) is 0 Å². The lowest BCUT2D eigenvalue weighted by atomic mass is 9.95. The van der Waals surface area contributed by atoms with E-state index in [0.717, 1.165) is 11.5 Å². The van der Waals surface area contributed by atoms with E-state index in [0.29, 0.717) is 11.5 Å². The molecule has 0 saturated carbocycles. The molecule has 1 aliphatic heterocycles. The molecule has 4 N–H and O–H groups in total. The van der Waals surface area contributed by atoms with E-state index >= 15 is 0 Å². The number of hydrogen-bond acceptors (Lipinski definition) is 7. The number of hydrogen-bond donors (Lipinski definition) is 3. The number of nitrogens with one attached hydrogen (secondary N) is 2. The summed E-state index contributed by atoms with van der Waals surface area (Å²) in [6.45, 7) is 3.88. The summed E-state index contributed by atoms with van der Waals surface area (Å²) in [7, 11) is 1.80. The summed E-state index contributed by atoms with van der Waals surface area (Å²) in [5.41, 5.74) is 4.17. The maximum Gasteiger partial charge on any atom is 0.167 e. The van der Waals surface area contributed by atoms with Crippen molar-refractivity contribution in [3.63, 3.8) is 0 Å². The first kappa shape index (κ1) is 19.7. The number of carbonyl (C=O) groups excluding carboxylic acids is 2. The summed E-state index contributed by atoms with van der Waals surface area (Å²) in [6.07, 6.45) is 4.23. The fraction of sp³-hybridized carbons (Fsp3) is 0.733. The molecular weight excluding hydrogens is 318 g/mol. The van der Waals surface area contributed by atoms with Crippen LogP contribution in [-0.4, -0.2) is 65.8 Å². The number of nitrogens with two attached hydrogens (primary N) is 1. The van der Waals surface area contributed by atoms with Crippen LogP contribution < -0.4 is 16.4 Å². The van der Waals surface area contributed by atoms with Gasteiger partial charge in [0.2, 0.25) is 0 Å². The molecule has 0 aromatic rings. The number of carbonyl (C=O) groups is 2. The molecule has 22 heavy (non-hydrogen) atoms. The molecule has 0 aromatic carbocycles. The van der Waals surface area contributed by atoms with Gasteiger partial charge in [-0.15, -0.1) is 0 Å². The van der Waals surface area contributed by atoms with Crippen molar-refractivity contribution in [2.24, 2.45) is 5.73 Å². The molecule has 0 amide bonds. The van der Waals surface area contributed by atoms with Crippen molar-refractivity contribution in [1.82, 2.24) is 10.6 Å². The Hall–Kier alpha value is -0.340. The third-order valence-electron chi connectivity index (χ3n) is 3.98. The Kier molecular flexibility index (Phi) is 8.13. The molecule has 0 radical (unpaired) electrons. The van der Waals surface area contributed by atoms with Crippen LogP contribution in [0.4, 0.5) is 0 Å². The van der Waals surface area contributed by atoms with Crippen molar-refractivity contribution in [2.45, 2.75) is 24.9 Å². The number of ketones is 2. The lowest BCUT2D eigenvalue weighted by molar-refractivity contribution is -0.125. The van der Waals surface area contributed by atoms with Crippen molar-refractivity contribution in [3.8, 4) is 0 Å². The van der Waals surface area contributed by atoms with Crippen molar-refractivity contribution in [1.29, 1.82) is 0 Å². The Balaban J connectivity index is 2.91. The van der Waals surface area contributed by atoms with Gasteiger partial charge in [0.05, 0.1) is 24.2 Å². The number of Topliss-reactive ketones (excluding diaryl/α,β-unsaturated/α-hetero) is 2. The van der Waals surface area contributed by atoms with E-state index < -0.39 is 11.1 Å². The quantitative estimate of drug-likeness (QED) is 0.640. The highest BCUT2D eigenvalue weighted by molar-refractivity contribution is 7.99. The van der Waals surface area contributed by atoms with E-state index in [4.69, 9.17) is 5.73 Å². The predicted molar refractivity (Wildman–Crippen MR) is 96.7 cm³/mol. The minimum atomic E-state index is -0.765. The molecule has 0 fully saturated rings. The molecule has 126 valence electrons. The summed E-state index contributed by atoms with van der Waals surface area (Å²) in [5, 5.41) is 6.27. The summed E-state index contributed by atoms with van der Waals surface area (Å²) in [4.78, 5) is 24.7. The molecule has 1 aliphatic rings. The highest BCUT2D eigenvalue weighted by atomic mass is 32.2. The van der Waals surface area contributed by atoms with E-state index in [-0.39, 0.29) is 24.7 Å².